The van der Waals surface area contributed by atoms with Gasteiger partial charge in [-0.1, -0.05) is 60.7 Å². The van der Waals surface area contributed by atoms with Crippen LogP contribution < -0.4 is 11.1 Å². The van der Waals surface area contributed by atoms with Crippen LogP contribution in [0.1, 0.15) is 17.4 Å². The molecule has 0 radical (unpaired) electrons. The van der Waals surface area contributed by atoms with Crippen molar-refractivity contribution in [3.05, 3.63) is 84.4 Å². The topological polar surface area (TPSA) is 126 Å². The van der Waals surface area contributed by atoms with Gasteiger partial charge in [-0.3, -0.25) is 14.7 Å². The van der Waals surface area contributed by atoms with Gasteiger partial charge in [0.1, 0.15) is 11.8 Å². The number of Topliss-reactive ketones (excluding diaryl/α,β-unsaturated/α-hetero) is 1. The molecule has 1 aliphatic carbocycles. The van der Waals surface area contributed by atoms with E-state index in [4.69, 9.17) is 19.9 Å². The first-order valence-corrected chi connectivity index (χ1v) is 11.9. The molecule has 2 aromatic carbocycles. The highest BCUT2D eigenvalue weighted by molar-refractivity contribution is 6.05. The van der Waals surface area contributed by atoms with E-state index in [1.165, 1.54) is 6.33 Å². The lowest BCUT2D eigenvalue weighted by molar-refractivity contribution is -0.271. The molecule has 0 bridgehead atoms. The smallest absolute Gasteiger partial charge is 0.214 e. The summed E-state index contributed by atoms with van der Waals surface area (Å²) in [6, 6.07) is 19.5. The first-order valence-electron chi connectivity index (χ1n) is 11.9. The molecule has 10 nitrogen and oxygen atoms in total. The first kappa shape index (κ1) is 21.6. The number of anilines is 1. The van der Waals surface area contributed by atoms with Crippen LogP contribution in [0.15, 0.2) is 73.3 Å². The second kappa shape index (κ2) is 7.90. The van der Waals surface area contributed by atoms with Crippen molar-refractivity contribution >= 4 is 22.8 Å². The Morgan fingerprint density at radius 3 is 2.47 bits per heavy atom. The van der Waals surface area contributed by atoms with E-state index in [-0.39, 0.29) is 24.3 Å². The first-order chi connectivity index (χ1) is 17.6. The molecular weight excluding hydrogens is 460 g/mol. The van der Waals surface area contributed by atoms with Gasteiger partial charge in [0.25, 0.3) is 0 Å². The van der Waals surface area contributed by atoms with Crippen molar-refractivity contribution in [3.63, 3.8) is 0 Å². The van der Waals surface area contributed by atoms with Crippen LogP contribution >= 0.6 is 0 Å². The molecule has 4 aromatic rings. The average molecular weight is 485 g/mol. The molecule has 5 atom stereocenters. The summed E-state index contributed by atoms with van der Waals surface area (Å²) in [4.78, 5) is 26.5. The molecule has 2 saturated heterocycles. The summed E-state index contributed by atoms with van der Waals surface area (Å²) in [6.07, 6.45) is 2.49. The fraction of sp³-hybridized carbons (Fsp3) is 0.308. The Balaban J connectivity index is 1.18. The van der Waals surface area contributed by atoms with Crippen LogP contribution in [0, 0.1) is 5.92 Å². The predicted molar refractivity (Wildman–Crippen MR) is 128 cm³/mol. The van der Waals surface area contributed by atoms with Gasteiger partial charge in [0.15, 0.2) is 29.0 Å². The molecule has 3 unspecified atom stereocenters. The molecule has 2 aromatic heterocycles. The van der Waals surface area contributed by atoms with Crippen molar-refractivity contribution < 1.29 is 19.0 Å². The quantitative estimate of drug-likeness (QED) is 0.386. The Labute approximate surface area is 206 Å². The van der Waals surface area contributed by atoms with Crippen molar-refractivity contribution in [1.29, 1.82) is 0 Å². The van der Waals surface area contributed by atoms with Crippen LogP contribution in [0.2, 0.25) is 0 Å². The standard InChI is InChI=1S/C26H24N6O4/c27-21-19-22(29-14-28-21)32(15-30-19)23-18-20-25(36-23,13-34-11-16-7-3-1-4-8-16)24(33)26(20,31-18)35-12-17-9-5-2-6-10-17/h1-10,14-15,18,20,23,31H,11-13H2,(H2,27,28,29)/t18?,20?,23-,25-,26?/m1/s1. The number of nitrogens with one attached hydrogen (secondary N) is 1. The summed E-state index contributed by atoms with van der Waals surface area (Å²) >= 11 is 0. The minimum atomic E-state index is -1.12. The second-order valence-corrected chi connectivity index (χ2v) is 9.45. The molecule has 7 rings (SSSR count). The highest BCUT2D eigenvalue weighted by Crippen LogP contribution is 2.64. The van der Waals surface area contributed by atoms with E-state index in [1.54, 1.807) is 10.9 Å². The Bertz CT molecular complexity index is 1450. The average Bonchev–Trinajstić information content (AvgIpc) is 3.39. The Kier molecular flexibility index (Phi) is 4.74. The lowest BCUT2D eigenvalue weighted by Crippen LogP contribution is -2.91. The van der Waals surface area contributed by atoms with Crippen molar-refractivity contribution in [2.45, 2.75) is 36.8 Å². The fourth-order valence-corrected chi connectivity index (χ4v) is 5.77. The third-order valence-corrected chi connectivity index (χ3v) is 7.44. The second-order valence-electron chi connectivity index (χ2n) is 9.45. The molecule has 1 saturated carbocycles. The highest BCUT2D eigenvalue weighted by atomic mass is 16.6. The molecule has 3 fully saturated rings. The van der Waals surface area contributed by atoms with Crippen LogP contribution in [0.25, 0.3) is 11.2 Å². The number of nitrogens with zero attached hydrogens (tertiary/aromatic N) is 4. The maximum Gasteiger partial charge on any atom is 0.214 e. The van der Waals surface area contributed by atoms with Crippen LogP contribution in [0.3, 0.4) is 0 Å². The van der Waals surface area contributed by atoms with Gasteiger partial charge in [0, 0.05) is 0 Å². The number of fused-ring (bicyclic) bond motifs is 1. The van der Waals surface area contributed by atoms with Gasteiger partial charge in [-0.15, -0.1) is 0 Å². The van der Waals surface area contributed by atoms with Gasteiger partial charge in [0.2, 0.25) is 5.78 Å². The van der Waals surface area contributed by atoms with E-state index in [1.807, 2.05) is 60.7 Å². The molecule has 10 heteroatoms. The Morgan fingerprint density at radius 2 is 1.72 bits per heavy atom. The molecule has 2 aliphatic heterocycles. The number of ketones is 1. The third kappa shape index (κ3) is 2.93. The van der Waals surface area contributed by atoms with Crippen LogP contribution in [0.5, 0.6) is 0 Å². The summed E-state index contributed by atoms with van der Waals surface area (Å²) in [5.74, 6) is -0.0845. The lowest BCUT2D eigenvalue weighted by atomic mass is 9.54. The minimum absolute atomic E-state index is 0.125. The fourth-order valence-electron chi connectivity index (χ4n) is 5.77. The van der Waals surface area contributed by atoms with Crippen molar-refractivity contribution in [2.24, 2.45) is 5.92 Å². The summed E-state index contributed by atoms with van der Waals surface area (Å²) in [5.41, 5.74) is 6.82. The van der Waals surface area contributed by atoms with E-state index in [9.17, 15) is 4.79 Å². The van der Waals surface area contributed by atoms with Gasteiger partial charge in [-0.2, -0.15) is 0 Å². The summed E-state index contributed by atoms with van der Waals surface area (Å²) < 4.78 is 20.6. The van der Waals surface area contributed by atoms with E-state index >= 15 is 0 Å². The van der Waals surface area contributed by atoms with Gasteiger partial charge < -0.3 is 19.9 Å². The molecule has 182 valence electrons. The van der Waals surface area contributed by atoms with Crippen LogP contribution in [-0.4, -0.2) is 49.3 Å². The van der Waals surface area contributed by atoms with Crippen molar-refractivity contribution in [3.8, 4) is 0 Å². The number of hydrogen-bond donors (Lipinski definition) is 2. The van der Waals surface area contributed by atoms with E-state index in [0.29, 0.717) is 30.2 Å². The SMILES string of the molecule is Nc1ncnc2c1ncn2[C@@H]1O[C@@]2(COCc3ccccc3)C(=O)C3(OCc4ccccc4)NC1C32. The number of benzene rings is 2. The lowest BCUT2D eigenvalue weighted by Gasteiger charge is -2.64. The summed E-state index contributed by atoms with van der Waals surface area (Å²) in [5, 5.41) is 3.38. The monoisotopic (exact) mass is 484 g/mol. The maximum atomic E-state index is 13.8. The molecular formula is C26H24N6O4. The predicted octanol–water partition coefficient (Wildman–Crippen LogP) is 1.98. The third-order valence-electron chi connectivity index (χ3n) is 7.44. The van der Waals surface area contributed by atoms with Gasteiger partial charge in [-0.05, 0) is 11.1 Å². The molecule has 36 heavy (non-hydrogen) atoms. The minimum Gasteiger partial charge on any atom is -0.382 e. The number of nitrogens with two attached hydrogens (primary N) is 1. The van der Waals surface area contributed by atoms with Gasteiger partial charge >= 0.3 is 0 Å². The van der Waals surface area contributed by atoms with E-state index in [0.717, 1.165) is 11.1 Å². The zero-order valence-electron chi connectivity index (χ0n) is 19.3. The number of imidazole rings is 1. The number of carbonyl (C=O) groups is 1. The van der Waals surface area contributed by atoms with E-state index < -0.39 is 17.6 Å². The number of piperidine rings is 1. The van der Waals surface area contributed by atoms with Crippen molar-refractivity contribution in [2.75, 3.05) is 12.3 Å². The Morgan fingerprint density at radius 1 is 1.00 bits per heavy atom. The van der Waals surface area contributed by atoms with Crippen molar-refractivity contribution in [1.82, 2.24) is 24.8 Å². The number of hydrogen-bond acceptors (Lipinski definition) is 9. The zero-order valence-corrected chi connectivity index (χ0v) is 19.3. The number of aromatic nitrogens is 4. The summed E-state index contributed by atoms with van der Waals surface area (Å²) in [6.45, 7) is 0.816. The number of ether oxygens (including phenoxy) is 3. The van der Waals surface area contributed by atoms with Crippen LogP contribution in [-0.2, 0) is 32.2 Å². The van der Waals surface area contributed by atoms with Crippen LogP contribution in [0.4, 0.5) is 5.82 Å². The van der Waals surface area contributed by atoms with Gasteiger partial charge in [0.05, 0.1) is 38.1 Å². The summed E-state index contributed by atoms with van der Waals surface area (Å²) in [7, 11) is 0. The molecule has 3 N–H and O–H groups in total. The highest BCUT2D eigenvalue weighted by Gasteiger charge is 2.87. The largest absolute Gasteiger partial charge is 0.382 e. The normalized spacial score (nSPS) is 30.1. The molecule has 4 heterocycles. The molecule has 3 aliphatic rings. The Hall–Kier alpha value is -3.70. The maximum absolute atomic E-state index is 13.8. The number of rotatable bonds is 8. The van der Waals surface area contributed by atoms with E-state index in [2.05, 4.69) is 20.3 Å². The molecule has 0 spiro atoms. The number of carbonyl (C=O) groups excluding carboxylic acids is 1. The number of nitrogen functional groups attached to an aromatic ring is 1. The van der Waals surface area contributed by atoms with Gasteiger partial charge in [-0.25, -0.2) is 15.0 Å². The molecule has 0 amide bonds. The zero-order chi connectivity index (χ0) is 24.3.